The van der Waals surface area contributed by atoms with Gasteiger partial charge < -0.3 is 15.2 Å². The summed E-state index contributed by atoms with van der Waals surface area (Å²) in [6, 6.07) is 4.19. The molecule has 0 bridgehead atoms. The quantitative estimate of drug-likeness (QED) is 0.635. The van der Waals surface area contributed by atoms with E-state index in [-0.39, 0.29) is 36.1 Å². The maximum Gasteiger partial charge on any atom is 0.341 e. The van der Waals surface area contributed by atoms with E-state index in [0.29, 0.717) is 5.69 Å². The van der Waals surface area contributed by atoms with Crippen LogP contribution >= 0.6 is 11.6 Å². The number of benzene rings is 1. The van der Waals surface area contributed by atoms with E-state index in [0.717, 1.165) is 0 Å². The van der Waals surface area contributed by atoms with Crippen molar-refractivity contribution < 1.29 is 19.4 Å². The van der Waals surface area contributed by atoms with E-state index in [2.05, 4.69) is 5.32 Å². The predicted octanol–water partition coefficient (Wildman–Crippen LogP) is 2.14. The van der Waals surface area contributed by atoms with E-state index in [9.17, 15) is 14.7 Å². The summed E-state index contributed by atoms with van der Waals surface area (Å²) in [6.45, 7) is 1.90. The van der Waals surface area contributed by atoms with E-state index in [4.69, 9.17) is 16.3 Å². The zero-order valence-electron chi connectivity index (χ0n) is 9.90. The minimum atomic E-state index is -0.603. The number of alkyl halides is 1. The molecule has 1 aromatic rings. The van der Waals surface area contributed by atoms with Crippen molar-refractivity contribution in [3.05, 3.63) is 23.8 Å². The summed E-state index contributed by atoms with van der Waals surface area (Å²) >= 11 is 5.42. The number of amides is 1. The smallest absolute Gasteiger partial charge is 0.341 e. The molecule has 0 aliphatic heterocycles. The molecular weight excluding hydrogens is 258 g/mol. The number of anilines is 1. The standard InChI is InChI=1S/C12H14ClNO4/c1-2-18-12(17)9-4-3-8(7-10(9)15)14-11(16)5-6-13/h3-4,7,15H,2,5-6H2,1H3,(H,14,16). The van der Waals surface area contributed by atoms with Crippen molar-refractivity contribution in [1.82, 2.24) is 0 Å². The number of esters is 1. The minimum Gasteiger partial charge on any atom is -0.507 e. The maximum atomic E-state index is 11.4. The number of phenols is 1. The van der Waals surface area contributed by atoms with Crippen LogP contribution in [0.3, 0.4) is 0 Å². The number of nitrogens with one attached hydrogen (secondary N) is 1. The molecule has 0 aliphatic carbocycles. The van der Waals surface area contributed by atoms with Crippen LogP contribution in [-0.2, 0) is 9.53 Å². The fraction of sp³-hybridized carbons (Fsp3) is 0.333. The van der Waals surface area contributed by atoms with Gasteiger partial charge in [0.15, 0.2) is 0 Å². The lowest BCUT2D eigenvalue weighted by molar-refractivity contribution is -0.115. The fourth-order valence-electron chi connectivity index (χ4n) is 1.30. The third-order valence-electron chi connectivity index (χ3n) is 2.10. The van der Waals surface area contributed by atoms with Gasteiger partial charge in [-0.2, -0.15) is 0 Å². The fourth-order valence-corrected chi connectivity index (χ4v) is 1.47. The third-order valence-corrected chi connectivity index (χ3v) is 2.29. The number of carbonyl (C=O) groups excluding carboxylic acids is 2. The molecule has 0 fully saturated rings. The van der Waals surface area contributed by atoms with Gasteiger partial charge in [0.1, 0.15) is 11.3 Å². The molecular formula is C12H14ClNO4. The lowest BCUT2D eigenvalue weighted by Gasteiger charge is -2.07. The molecule has 0 saturated carbocycles. The molecule has 0 unspecified atom stereocenters. The van der Waals surface area contributed by atoms with Crippen LogP contribution in [0, 0.1) is 0 Å². The van der Waals surface area contributed by atoms with Gasteiger partial charge in [-0.3, -0.25) is 4.79 Å². The maximum absolute atomic E-state index is 11.4. The Morgan fingerprint density at radius 2 is 2.17 bits per heavy atom. The van der Waals surface area contributed by atoms with Gasteiger partial charge in [0.25, 0.3) is 0 Å². The third kappa shape index (κ3) is 3.92. The average molecular weight is 272 g/mol. The summed E-state index contributed by atoms with van der Waals surface area (Å²) in [5, 5.41) is 12.2. The Labute approximate surface area is 110 Å². The monoisotopic (exact) mass is 271 g/mol. The van der Waals surface area contributed by atoms with Crippen LogP contribution in [0.15, 0.2) is 18.2 Å². The van der Waals surface area contributed by atoms with Crippen LogP contribution in [0.2, 0.25) is 0 Å². The molecule has 0 saturated heterocycles. The molecule has 0 aliphatic rings. The van der Waals surface area contributed by atoms with Crippen molar-refractivity contribution in [2.24, 2.45) is 0 Å². The van der Waals surface area contributed by atoms with Gasteiger partial charge in [-0.1, -0.05) is 0 Å². The zero-order valence-corrected chi connectivity index (χ0v) is 10.7. The first-order valence-electron chi connectivity index (χ1n) is 5.44. The largest absolute Gasteiger partial charge is 0.507 e. The summed E-state index contributed by atoms with van der Waals surface area (Å²) in [6.07, 6.45) is 0.182. The normalized spacial score (nSPS) is 9.89. The van der Waals surface area contributed by atoms with Crippen LogP contribution in [0.25, 0.3) is 0 Å². The second-order valence-corrected chi connectivity index (χ2v) is 3.82. The van der Waals surface area contributed by atoms with E-state index >= 15 is 0 Å². The van der Waals surface area contributed by atoms with Gasteiger partial charge in [-0.25, -0.2) is 4.79 Å². The van der Waals surface area contributed by atoms with Crippen LogP contribution in [0.4, 0.5) is 5.69 Å². The number of halogens is 1. The van der Waals surface area contributed by atoms with Crippen LogP contribution in [0.1, 0.15) is 23.7 Å². The van der Waals surface area contributed by atoms with Gasteiger partial charge >= 0.3 is 5.97 Å². The van der Waals surface area contributed by atoms with Gasteiger partial charge in [0, 0.05) is 24.1 Å². The minimum absolute atomic E-state index is 0.0622. The second kappa shape index (κ2) is 6.86. The van der Waals surface area contributed by atoms with Crippen molar-refractivity contribution in [2.75, 3.05) is 17.8 Å². The van der Waals surface area contributed by atoms with Crippen molar-refractivity contribution in [3.8, 4) is 5.75 Å². The lowest BCUT2D eigenvalue weighted by Crippen LogP contribution is -2.12. The number of carbonyl (C=O) groups is 2. The second-order valence-electron chi connectivity index (χ2n) is 3.44. The Morgan fingerprint density at radius 1 is 1.44 bits per heavy atom. The topological polar surface area (TPSA) is 75.6 Å². The van der Waals surface area contributed by atoms with Crippen molar-refractivity contribution >= 4 is 29.2 Å². The van der Waals surface area contributed by atoms with E-state index in [1.54, 1.807) is 6.92 Å². The number of hydrogen-bond acceptors (Lipinski definition) is 4. The molecule has 18 heavy (non-hydrogen) atoms. The molecule has 2 N–H and O–H groups in total. The lowest BCUT2D eigenvalue weighted by atomic mass is 10.2. The summed E-state index contributed by atoms with van der Waals surface area (Å²) in [7, 11) is 0. The molecule has 98 valence electrons. The van der Waals surface area contributed by atoms with Gasteiger partial charge in [0.2, 0.25) is 5.91 Å². The Kier molecular flexibility index (Phi) is 5.45. The molecule has 1 rings (SSSR count). The first-order chi connectivity index (χ1) is 8.58. The van der Waals surface area contributed by atoms with Gasteiger partial charge in [0.05, 0.1) is 6.61 Å². The van der Waals surface area contributed by atoms with Crippen molar-refractivity contribution in [1.29, 1.82) is 0 Å². The number of ether oxygens (including phenoxy) is 1. The van der Waals surface area contributed by atoms with Crippen LogP contribution < -0.4 is 5.32 Å². The highest BCUT2D eigenvalue weighted by atomic mass is 35.5. The Balaban J connectivity index is 2.79. The SMILES string of the molecule is CCOC(=O)c1ccc(NC(=O)CCCl)cc1O. The molecule has 0 spiro atoms. The Morgan fingerprint density at radius 3 is 2.72 bits per heavy atom. The molecule has 0 heterocycles. The highest BCUT2D eigenvalue weighted by Crippen LogP contribution is 2.22. The number of aromatic hydroxyl groups is 1. The summed E-state index contributed by atoms with van der Waals surface area (Å²) in [4.78, 5) is 22.7. The predicted molar refractivity (Wildman–Crippen MR) is 68.0 cm³/mol. The number of phenolic OH excluding ortho intramolecular Hbond substituents is 1. The molecule has 0 aromatic heterocycles. The van der Waals surface area contributed by atoms with Crippen molar-refractivity contribution in [3.63, 3.8) is 0 Å². The van der Waals surface area contributed by atoms with Crippen LogP contribution in [0.5, 0.6) is 5.75 Å². The van der Waals surface area contributed by atoms with E-state index in [1.165, 1.54) is 18.2 Å². The molecule has 6 heteroatoms. The molecule has 0 radical (unpaired) electrons. The first kappa shape index (κ1) is 14.3. The molecule has 5 nitrogen and oxygen atoms in total. The van der Waals surface area contributed by atoms with E-state index < -0.39 is 5.97 Å². The molecule has 0 atom stereocenters. The zero-order chi connectivity index (χ0) is 13.5. The van der Waals surface area contributed by atoms with Gasteiger partial charge in [-0.15, -0.1) is 11.6 Å². The summed E-state index contributed by atoms with van der Waals surface area (Å²) in [5.74, 6) is -0.877. The summed E-state index contributed by atoms with van der Waals surface area (Å²) < 4.78 is 4.76. The highest BCUT2D eigenvalue weighted by Gasteiger charge is 2.13. The average Bonchev–Trinajstić information content (AvgIpc) is 2.29. The molecule has 1 amide bonds. The number of rotatable bonds is 5. The van der Waals surface area contributed by atoms with Crippen molar-refractivity contribution in [2.45, 2.75) is 13.3 Å². The molecule has 1 aromatic carbocycles. The first-order valence-corrected chi connectivity index (χ1v) is 5.98. The number of hydrogen-bond donors (Lipinski definition) is 2. The van der Waals surface area contributed by atoms with Gasteiger partial charge in [-0.05, 0) is 19.1 Å². The highest BCUT2D eigenvalue weighted by molar-refractivity contribution is 6.19. The Bertz CT molecular complexity index is 448. The summed E-state index contributed by atoms with van der Waals surface area (Å²) in [5.41, 5.74) is 0.461. The Hall–Kier alpha value is -1.75. The van der Waals surface area contributed by atoms with E-state index in [1.807, 2.05) is 0 Å². The van der Waals surface area contributed by atoms with Crippen LogP contribution in [-0.4, -0.2) is 29.5 Å².